The van der Waals surface area contributed by atoms with Crippen LogP contribution in [0.1, 0.15) is 11.8 Å². The molecule has 0 aromatic carbocycles. The number of aliphatic hydroxyl groups excluding tert-OH is 1. The minimum absolute atomic E-state index is 0.119. The van der Waals surface area contributed by atoms with Gasteiger partial charge in [0.25, 0.3) is 0 Å². The van der Waals surface area contributed by atoms with Crippen LogP contribution in [0.3, 0.4) is 0 Å². The topological polar surface area (TPSA) is 47.3 Å². The van der Waals surface area contributed by atoms with Crippen LogP contribution in [-0.2, 0) is 11.3 Å². The summed E-state index contributed by atoms with van der Waals surface area (Å²) < 4.78 is 43.0. The smallest absolute Gasteiger partial charge is 0.383 e. The zero-order chi connectivity index (χ0) is 12.3. The summed E-state index contributed by atoms with van der Waals surface area (Å²) in [5, 5.41) is 12.9. The highest BCUT2D eigenvalue weighted by Gasteiger charge is 2.42. The highest BCUT2D eigenvalue weighted by Crippen LogP contribution is 2.35. The van der Waals surface area contributed by atoms with Gasteiger partial charge in [-0.1, -0.05) is 0 Å². The standard InChI is InChI=1S/C8H10BrF3N2O2/c1-16-3-2-14-6(5(9)4-13-14)7(15)8(10,11)12/h4,7,15H,2-3H2,1H3. The maximum atomic E-state index is 12.4. The molecular weight excluding hydrogens is 293 g/mol. The Morgan fingerprint density at radius 3 is 2.75 bits per heavy atom. The number of aromatic nitrogens is 2. The molecule has 1 aromatic heterocycles. The zero-order valence-corrected chi connectivity index (χ0v) is 9.92. The molecule has 92 valence electrons. The number of alkyl halides is 3. The highest BCUT2D eigenvalue weighted by molar-refractivity contribution is 9.10. The number of hydrogen-bond donors (Lipinski definition) is 1. The van der Waals surface area contributed by atoms with Crippen molar-refractivity contribution in [2.24, 2.45) is 0 Å². The number of hydrogen-bond acceptors (Lipinski definition) is 3. The van der Waals surface area contributed by atoms with E-state index in [-0.39, 0.29) is 23.3 Å². The molecule has 0 spiro atoms. The van der Waals surface area contributed by atoms with E-state index in [9.17, 15) is 13.2 Å². The Hall–Kier alpha value is -0.600. The van der Waals surface area contributed by atoms with Gasteiger partial charge < -0.3 is 9.84 Å². The van der Waals surface area contributed by atoms with Crippen LogP contribution < -0.4 is 0 Å². The Morgan fingerprint density at radius 2 is 2.25 bits per heavy atom. The van der Waals surface area contributed by atoms with Gasteiger partial charge in [0.15, 0.2) is 6.10 Å². The number of methoxy groups -OCH3 is 1. The maximum absolute atomic E-state index is 12.4. The second-order valence-corrected chi connectivity index (χ2v) is 3.89. The van der Waals surface area contributed by atoms with Crippen LogP contribution in [0, 0.1) is 0 Å². The lowest BCUT2D eigenvalue weighted by Gasteiger charge is -2.16. The summed E-state index contributed by atoms with van der Waals surface area (Å²) in [4.78, 5) is 0. The average Bonchev–Trinajstić information content (AvgIpc) is 2.54. The van der Waals surface area contributed by atoms with E-state index >= 15 is 0 Å². The molecular formula is C8H10BrF3N2O2. The molecule has 0 aliphatic rings. The number of rotatable bonds is 4. The van der Waals surface area contributed by atoms with E-state index in [4.69, 9.17) is 9.84 Å². The van der Waals surface area contributed by atoms with Crippen molar-refractivity contribution in [2.45, 2.75) is 18.8 Å². The number of aliphatic hydroxyl groups is 1. The molecule has 1 unspecified atom stereocenters. The van der Waals surface area contributed by atoms with E-state index in [1.54, 1.807) is 0 Å². The van der Waals surface area contributed by atoms with Crippen LogP contribution in [0.25, 0.3) is 0 Å². The van der Waals surface area contributed by atoms with E-state index in [2.05, 4.69) is 21.0 Å². The normalized spacial score (nSPS) is 14.1. The lowest BCUT2D eigenvalue weighted by atomic mass is 10.2. The van der Waals surface area contributed by atoms with Gasteiger partial charge in [-0.2, -0.15) is 18.3 Å². The maximum Gasteiger partial charge on any atom is 0.420 e. The molecule has 4 nitrogen and oxygen atoms in total. The molecule has 0 aliphatic heterocycles. The van der Waals surface area contributed by atoms with Gasteiger partial charge in [0.1, 0.15) is 0 Å². The fourth-order valence-corrected chi connectivity index (χ4v) is 1.67. The summed E-state index contributed by atoms with van der Waals surface area (Å²) in [6.45, 7) is 0.357. The van der Waals surface area contributed by atoms with E-state index < -0.39 is 12.3 Å². The summed E-state index contributed by atoms with van der Waals surface area (Å²) in [7, 11) is 1.43. The van der Waals surface area contributed by atoms with Crippen molar-refractivity contribution in [3.63, 3.8) is 0 Å². The van der Waals surface area contributed by atoms with Gasteiger partial charge in [-0.25, -0.2) is 0 Å². The first-order valence-corrected chi connectivity index (χ1v) is 5.12. The summed E-state index contributed by atoms with van der Waals surface area (Å²) in [5.74, 6) is 0. The van der Waals surface area contributed by atoms with Crippen molar-refractivity contribution in [1.29, 1.82) is 0 Å². The summed E-state index contributed by atoms with van der Waals surface area (Å²) in [6, 6.07) is 0. The summed E-state index contributed by atoms with van der Waals surface area (Å²) >= 11 is 2.92. The van der Waals surface area contributed by atoms with Gasteiger partial charge in [-0.05, 0) is 15.9 Å². The molecule has 0 amide bonds. The molecule has 1 atom stereocenters. The van der Waals surface area contributed by atoms with Crippen molar-refractivity contribution >= 4 is 15.9 Å². The Balaban J connectivity index is 2.97. The van der Waals surface area contributed by atoms with Crippen LogP contribution in [0.4, 0.5) is 13.2 Å². The van der Waals surface area contributed by atoms with Crippen molar-refractivity contribution in [2.75, 3.05) is 13.7 Å². The highest BCUT2D eigenvalue weighted by atomic mass is 79.9. The minimum atomic E-state index is -4.71. The summed E-state index contributed by atoms with van der Waals surface area (Å²) in [6.07, 6.45) is -6.06. The molecule has 1 heterocycles. The second kappa shape index (κ2) is 5.15. The number of nitrogens with zero attached hydrogens (tertiary/aromatic N) is 2. The molecule has 0 fully saturated rings. The van der Waals surface area contributed by atoms with E-state index in [0.29, 0.717) is 0 Å². The van der Waals surface area contributed by atoms with Crippen molar-refractivity contribution in [3.8, 4) is 0 Å². The SMILES string of the molecule is COCCn1ncc(Br)c1C(O)C(F)(F)F. The van der Waals surface area contributed by atoms with Gasteiger partial charge in [-0.3, -0.25) is 4.68 Å². The first-order valence-electron chi connectivity index (χ1n) is 4.33. The van der Waals surface area contributed by atoms with E-state index in [1.807, 2.05) is 0 Å². The molecule has 0 radical (unpaired) electrons. The predicted molar refractivity (Wildman–Crippen MR) is 52.8 cm³/mol. The molecule has 1 aromatic rings. The molecule has 1 rings (SSSR count). The number of halogens is 4. The molecule has 0 bridgehead atoms. The van der Waals surface area contributed by atoms with Gasteiger partial charge in [0.05, 0.1) is 29.5 Å². The van der Waals surface area contributed by atoms with Crippen molar-refractivity contribution in [3.05, 3.63) is 16.4 Å². The third kappa shape index (κ3) is 2.96. The second-order valence-electron chi connectivity index (χ2n) is 3.04. The van der Waals surface area contributed by atoms with Crippen molar-refractivity contribution < 1.29 is 23.0 Å². The van der Waals surface area contributed by atoms with Gasteiger partial charge in [0, 0.05) is 7.11 Å². The molecule has 0 saturated heterocycles. The van der Waals surface area contributed by atoms with E-state index in [0.717, 1.165) is 4.68 Å². The lowest BCUT2D eigenvalue weighted by molar-refractivity contribution is -0.209. The first kappa shape index (κ1) is 13.5. The molecule has 1 N–H and O–H groups in total. The van der Waals surface area contributed by atoms with Crippen LogP contribution in [0.5, 0.6) is 0 Å². The minimum Gasteiger partial charge on any atom is -0.383 e. The van der Waals surface area contributed by atoms with Crippen LogP contribution in [-0.4, -0.2) is 34.8 Å². The molecule has 16 heavy (non-hydrogen) atoms. The first-order chi connectivity index (χ1) is 7.38. The fourth-order valence-electron chi connectivity index (χ4n) is 1.15. The third-order valence-electron chi connectivity index (χ3n) is 1.91. The zero-order valence-electron chi connectivity index (χ0n) is 8.33. The lowest BCUT2D eigenvalue weighted by Crippen LogP contribution is -2.24. The number of ether oxygens (including phenoxy) is 1. The Labute approximate surface area is 98.1 Å². The Morgan fingerprint density at radius 1 is 1.62 bits per heavy atom. The summed E-state index contributed by atoms with van der Waals surface area (Å²) in [5.41, 5.74) is -0.315. The largest absolute Gasteiger partial charge is 0.420 e. The Kier molecular flexibility index (Phi) is 4.34. The average molecular weight is 303 g/mol. The third-order valence-corrected chi connectivity index (χ3v) is 2.52. The quantitative estimate of drug-likeness (QED) is 0.924. The monoisotopic (exact) mass is 302 g/mol. The molecule has 0 saturated carbocycles. The Bertz CT molecular complexity index is 354. The van der Waals surface area contributed by atoms with Gasteiger partial charge in [0.2, 0.25) is 0 Å². The van der Waals surface area contributed by atoms with Crippen LogP contribution >= 0.6 is 15.9 Å². The van der Waals surface area contributed by atoms with E-state index in [1.165, 1.54) is 13.3 Å². The predicted octanol–water partition coefficient (Wildman–Crippen LogP) is 1.89. The molecule has 0 aliphatic carbocycles. The van der Waals surface area contributed by atoms with Crippen LogP contribution in [0.2, 0.25) is 0 Å². The van der Waals surface area contributed by atoms with Crippen molar-refractivity contribution in [1.82, 2.24) is 9.78 Å². The van der Waals surface area contributed by atoms with Gasteiger partial charge >= 0.3 is 6.18 Å². The molecule has 8 heteroatoms. The van der Waals surface area contributed by atoms with Gasteiger partial charge in [-0.15, -0.1) is 0 Å². The fraction of sp³-hybridized carbons (Fsp3) is 0.625. The van der Waals surface area contributed by atoms with Crippen LogP contribution in [0.15, 0.2) is 10.7 Å².